The van der Waals surface area contributed by atoms with Gasteiger partial charge in [0.25, 0.3) is 0 Å². The summed E-state index contributed by atoms with van der Waals surface area (Å²) in [6.07, 6.45) is 0. The van der Waals surface area contributed by atoms with Crippen molar-refractivity contribution in [3.63, 3.8) is 0 Å². The van der Waals surface area contributed by atoms with E-state index in [2.05, 4.69) is 4.74 Å². The number of ether oxygens (including phenoxy) is 1. The highest BCUT2D eigenvalue weighted by Gasteiger charge is 2.20. The highest BCUT2D eigenvalue weighted by atomic mass is 16.5. The van der Waals surface area contributed by atoms with Gasteiger partial charge in [0.15, 0.2) is 11.3 Å². The Hall–Kier alpha value is -2.07. The van der Waals surface area contributed by atoms with Gasteiger partial charge in [-0.05, 0) is 0 Å². The summed E-state index contributed by atoms with van der Waals surface area (Å²) in [7, 11) is 1.02. The molecule has 0 aromatic carbocycles. The summed E-state index contributed by atoms with van der Waals surface area (Å²) in [5, 5.41) is 16.9. The van der Waals surface area contributed by atoms with E-state index in [-0.39, 0.29) is 0 Å². The lowest BCUT2D eigenvalue weighted by Gasteiger charge is -2.02. The Morgan fingerprint density at radius 2 is 2.15 bits per heavy atom. The van der Waals surface area contributed by atoms with Crippen LogP contribution in [0.2, 0.25) is 0 Å². The van der Waals surface area contributed by atoms with Crippen LogP contribution in [0.1, 0.15) is 0 Å². The fourth-order valence-electron chi connectivity index (χ4n) is 0.547. The van der Waals surface area contributed by atoms with Crippen LogP contribution in [0.15, 0.2) is 11.3 Å². The standard InChI is InChI=1S/C6H7N3O4/c1-13-6(12)3(2-7)4(9-8)5(10)11/h9H,8H2,1H3,(H,10,11)/b4-3-. The molecule has 13 heavy (non-hydrogen) atoms. The zero-order valence-electron chi connectivity index (χ0n) is 6.70. The Balaban J connectivity index is 5.21. The van der Waals surface area contributed by atoms with Crippen molar-refractivity contribution in [1.82, 2.24) is 5.43 Å². The van der Waals surface area contributed by atoms with Crippen molar-refractivity contribution < 1.29 is 19.4 Å². The number of hydrogen-bond acceptors (Lipinski definition) is 6. The molecule has 0 aliphatic carbocycles. The third-order valence-electron chi connectivity index (χ3n) is 1.11. The van der Waals surface area contributed by atoms with Crippen molar-refractivity contribution in [1.29, 1.82) is 5.26 Å². The van der Waals surface area contributed by atoms with Crippen molar-refractivity contribution in [3.8, 4) is 6.07 Å². The fourth-order valence-corrected chi connectivity index (χ4v) is 0.547. The number of methoxy groups -OCH3 is 1. The molecule has 0 radical (unpaired) electrons. The molecule has 0 spiro atoms. The van der Waals surface area contributed by atoms with E-state index in [0.717, 1.165) is 7.11 Å². The Morgan fingerprint density at radius 1 is 1.62 bits per heavy atom. The number of nitrogens with two attached hydrogens (primary N) is 1. The van der Waals surface area contributed by atoms with Gasteiger partial charge < -0.3 is 15.3 Å². The molecule has 0 amide bonds. The maximum Gasteiger partial charge on any atom is 0.354 e. The summed E-state index contributed by atoms with van der Waals surface area (Å²) in [5.41, 5.74) is 0.342. The molecule has 0 aromatic rings. The molecular weight excluding hydrogens is 178 g/mol. The van der Waals surface area contributed by atoms with Crippen LogP contribution in [0.5, 0.6) is 0 Å². The molecule has 0 aliphatic rings. The van der Waals surface area contributed by atoms with Gasteiger partial charge in [0.1, 0.15) is 6.07 Å². The van der Waals surface area contributed by atoms with Gasteiger partial charge in [-0.3, -0.25) is 5.84 Å². The number of hydrazine groups is 1. The minimum atomic E-state index is -1.51. The molecule has 0 bridgehead atoms. The molecule has 7 heteroatoms. The average Bonchev–Trinajstić information content (AvgIpc) is 2.12. The first-order valence-electron chi connectivity index (χ1n) is 3.01. The molecule has 4 N–H and O–H groups in total. The molecule has 0 rings (SSSR count). The number of hydrogen-bond donors (Lipinski definition) is 3. The third-order valence-corrected chi connectivity index (χ3v) is 1.11. The minimum Gasteiger partial charge on any atom is -0.477 e. The zero-order valence-corrected chi connectivity index (χ0v) is 6.70. The van der Waals surface area contributed by atoms with Crippen molar-refractivity contribution >= 4 is 11.9 Å². The van der Waals surface area contributed by atoms with Gasteiger partial charge >= 0.3 is 11.9 Å². The van der Waals surface area contributed by atoms with Gasteiger partial charge in [0, 0.05) is 0 Å². The number of nitrogens with one attached hydrogen (secondary N) is 1. The topological polar surface area (TPSA) is 125 Å². The molecule has 0 aromatic heterocycles. The van der Waals surface area contributed by atoms with E-state index >= 15 is 0 Å². The third kappa shape index (κ3) is 2.46. The van der Waals surface area contributed by atoms with Crippen LogP contribution in [0.4, 0.5) is 0 Å². The van der Waals surface area contributed by atoms with Crippen molar-refractivity contribution in [2.75, 3.05) is 7.11 Å². The summed E-state index contributed by atoms with van der Waals surface area (Å²) < 4.78 is 4.16. The normalized spacial score (nSPS) is 10.8. The highest BCUT2D eigenvalue weighted by Crippen LogP contribution is 2.01. The van der Waals surface area contributed by atoms with Crippen molar-refractivity contribution in [3.05, 3.63) is 11.3 Å². The van der Waals surface area contributed by atoms with Crippen LogP contribution < -0.4 is 11.3 Å². The van der Waals surface area contributed by atoms with E-state index in [1.165, 1.54) is 6.07 Å². The Labute approximate surface area is 73.4 Å². The van der Waals surface area contributed by atoms with E-state index < -0.39 is 23.2 Å². The summed E-state index contributed by atoms with van der Waals surface area (Å²) in [5.74, 6) is 2.23. The number of carboxylic acids is 1. The lowest BCUT2D eigenvalue weighted by molar-refractivity contribution is -0.137. The molecule has 7 nitrogen and oxygen atoms in total. The van der Waals surface area contributed by atoms with Crippen LogP contribution in [0.25, 0.3) is 0 Å². The van der Waals surface area contributed by atoms with Gasteiger partial charge in [-0.1, -0.05) is 0 Å². The van der Waals surface area contributed by atoms with Crippen LogP contribution in [0, 0.1) is 11.3 Å². The smallest absolute Gasteiger partial charge is 0.354 e. The second-order valence-corrected chi connectivity index (χ2v) is 1.80. The number of aliphatic carboxylic acids is 1. The Morgan fingerprint density at radius 3 is 2.38 bits per heavy atom. The van der Waals surface area contributed by atoms with Crippen LogP contribution in [-0.2, 0) is 14.3 Å². The largest absolute Gasteiger partial charge is 0.477 e. The van der Waals surface area contributed by atoms with Crippen LogP contribution in [0.3, 0.4) is 0 Å². The van der Waals surface area contributed by atoms with Crippen LogP contribution >= 0.6 is 0 Å². The number of carbonyl (C=O) groups is 2. The van der Waals surface area contributed by atoms with Crippen LogP contribution in [-0.4, -0.2) is 24.2 Å². The Kier molecular flexibility index (Phi) is 3.98. The number of rotatable bonds is 3. The zero-order chi connectivity index (χ0) is 10.4. The first kappa shape index (κ1) is 10.9. The lowest BCUT2D eigenvalue weighted by Crippen LogP contribution is -2.30. The van der Waals surface area contributed by atoms with Gasteiger partial charge in [-0.2, -0.15) is 5.26 Å². The molecule has 70 valence electrons. The summed E-state index contributed by atoms with van der Waals surface area (Å²) >= 11 is 0. The molecule has 0 heterocycles. The SMILES string of the molecule is COC(=O)/C(C#N)=C(\NN)C(=O)O. The molecule has 0 aliphatic heterocycles. The van der Waals surface area contributed by atoms with E-state index in [0.29, 0.717) is 0 Å². The first-order chi connectivity index (χ1) is 6.08. The minimum absolute atomic E-state index is 0.683. The van der Waals surface area contributed by atoms with E-state index in [9.17, 15) is 9.59 Å². The highest BCUT2D eigenvalue weighted by molar-refractivity contribution is 6.02. The summed E-state index contributed by atoms with van der Waals surface area (Å²) in [6.45, 7) is 0. The maximum absolute atomic E-state index is 10.8. The second kappa shape index (κ2) is 4.74. The number of carbonyl (C=O) groups excluding carboxylic acids is 1. The number of nitrogens with zero attached hydrogens (tertiary/aromatic N) is 1. The molecule has 0 unspecified atom stereocenters. The quantitative estimate of drug-likeness (QED) is 0.160. The van der Waals surface area contributed by atoms with Crippen molar-refractivity contribution in [2.24, 2.45) is 5.84 Å². The second-order valence-electron chi connectivity index (χ2n) is 1.80. The van der Waals surface area contributed by atoms with Gasteiger partial charge in [-0.25, -0.2) is 9.59 Å². The van der Waals surface area contributed by atoms with Gasteiger partial charge in [0.2, 0.25) is 0 Å². The lowest BCUT2D eigenvalue weighted by atomic mass is 10.2. The predicted molar refractivity (Wildman–Crippen MR) is 39.6 cm³/mol. The van der Waals surface area contributed by atoms with Gasteiger partial charge in [-0.15, -0.1) is 0 Å². The average molecular weight is 185 g/mol. The summed E-state index contributed by atoms with van der Waals surface area (Å²) in [4.78, 5) is 21.2. The predicted octanol–water partition coefficient (Wildman–Crippen LogP) is -1.52. The maximum atomic E-state index is 10.8. The van der Waals surface area contributed by atoms with E-state index in [4.69, 9.17) is 16.2 Å². The summed E-state index contributed by atoms with van der Waals surface area (Å²) in [6, 6.07) is 1.37. The number of nitriles is 1. The molecular formula is C6H7N3O4. The van der Waals surface area contributed by atoms with E-state index in [1.54, 1.807) is 5.43 Å². The molecule has 0 fully saturated rings. The number of esters is 1. The molecule has 0 saturated heterocycles. The number of carboxylic acid groups (broad SMARTS) is 1. The fraction of sp³-hybridized carbons (Fsp3) is 0.167. The Bertz CT molecular complexity index is 301. The first-order valence-corrected chi connectivity index (χ1v) is 3.01. The van der Waals surface area contributed by atoms with E-state index in [1.807, 2.05) is 0 Å². The van der Waals surface area contributed by atoms with Gasteiger partial charge in [0.05, 0.1) is 7.11 Å². The molecule has 0 saturated carbocycles. The molecule has 0 atom stereocenters. The monoisotopic (exact) mass is 185 g/mol. The van der Waals surface area contributed by atoms with Crippen molar-refractivity contribution in [2.45, 2.75) is 0 Å².